The van der Waals surface area contributed by atoms with Gasteiger partial charge in [0.1, 0.15) is 5.75 Å². The summed E-state index contributed by atoms with van der Waals surface area (Å²) in [6, 6.07) is 9.31. The molecule has 2 aromatic rings. The summed E-state index contributed by atoms with van der Waals surface area (Å²) in [6.45, 7) is 0.836. The van der Waals surface area contributed by atoms with E-state index in [2.05, 4.69) is 20.8 Å². The first kappa shape index (κ1) is 13.6. The molecule has 2 heterocycles. The molecule has 1 aromatic heterocycles. The van der Waals surface area contributed by atoms with Crippen molar-refractivity contribution in [3.05, 3.63) is 36.2 Å². The quantitative estimate of drug-likeness (QED) is 0.867. The third-order valence-electron chi connectivity index (χ3n) is 3.16. The normalized spacial score (nSPS) is 17.6. The van der Waals surface area contributed by atoms with Crippen LogP contribution in [0.25, 0.3) is 0 Å². The highest BCUT2D eigenvalue weighted by molar-refractivity contribution is 5.89. The molecular weight excluding hydrogens is 272 g/mol. The Labute approximate surface area is 121 Å². The van der Waals surface area contributed by atoms with E-state index in [1.165, 1.54) is 0 Å². The number of amides is 1. The van der Waals surface area contributed by atoms with E-state index in [9.17, 15) is 4.79 Å². The van der Waals surface area contributed by atoms with Crippen LogP contribution in [0.2, 0.25) is 0 Å². The zero-order chi connectivity index (χ0) is 14.5. The second-order valence-electron chi connectivity index (χ2n) is 4.74. The molecule has 0 aliphatic carbocycles. The van der Waals surface area contributed by atoms with Gasteiger partial charge in [0.25, 0.3) is 5.91 Å². The van der Waals surface area contributed by atoms with Gasteiger partial charge >= 0.3 is 6.01 Å². The van der Waals surface area contributed by atoms with E-state index in [0.717, 1.165) is 19.4 Å². The largest absolute Gasteiger partial charge is 0.484 e. The minimum Gasteiger partial charge on any atom is -0.484 e. The minimum absolute atomic E-state index is 0.0868. The maximum absolute atomic E-state index is 11.7. The van der Waals surface area contributed by atoms with Gasteiger partial charge in [0.15, 0.2) is 6.61 Å². The van der Waals surface area contributed by atoms with Crippen LogP contribution in [0.1, 0.15) is 24.8 Å². The van der Waals surface area contributed by atoms with Crippen LogP contribution in [0.3, 0.4) is 0 Å². The number of hydrogen-bond donors (Lipinski definition) is 2. The van der Waals surface area contributed by atoms with Crippen molar-refractivity contribution >= 4 is 11.9 Å². The number of carbonyl (C=O) groups is 1. The fraction of sp³-hybridized carbons (Fsp3) is 0.357. The number of benzene rings is 1. The summed E-state index contributed by atoms with van der Waals surface area (Å²) in [5, 5.41) is 13.5. The molecule has 1 fully saturated rings. The highest BCUT2D eigenvalue weighted by Gasteiger charge is 2.22. The van der Waals surface area contributed by atoms with Crippen molar-refractivity contribution in [1.82, 2.24) is 15.5 Å². The Hall–Kier alpha value is -2.41. The molecule has 1 amide bonds. The maximum atomic E-state index is 11.7. The van der Waals surface area contributed by atoms with E-state index in [-0.39, 0.29) is 24.6 Å². The predicted octanol–water partition coefficient (Wildman–Crippen LogP) is 1.51. The molecular formula is C14H16N4O3. The van der Waals surface area contributed by atoms with Gasteiger partial charge in [-0.2, -0.15) is 0 Å². The van der Waals surface area contributed by atoms with Crippen LogP contribution in [-0.2, 0) is 4.79 Å². The molecule has 0 radical (unpaired) electrons. The highest BCUT2D eigenvalue weighted by atomic mass is 16.5. The van der Waals surface area contributed by atoms with Gasteiger partial charge in [-0.05, 0) is 31.5 Å². The lowest BCUT2D eigenvalue weighted by Crippen LogP contribution is -2.20. The average molecular weight is 288 g/mol. The van der Waals surface area contributed by atoms with Gasteiger partial charge in [0.2, 0.25) is 5.89 Å². The molecule has 1 atom stereocenters. The van der Waals surface area contributed by atoms with E-state index in [0.29, 0.717) is 11.6 Å². The molecule has 110 valence electrons. The van der Waals surface area contributed by atoms with Crippen molar-refractivity contribution in [2.45, 2.75) is 18.9 Å². The summed E-state index contributed by atoms with van der Waals surface area (Å²) in [5.74, 6) is 0.800. The zero-order valence-corrected chi connectivity index (χ0v) is 11.4. The van der Waals surface area contributed by atoms with Crippen molar-refractivity contribution < 1.29 is 13.9 Å². The molecule has 3 rings (SSSR count). The molecule has 21 heavy (non-hydrogen) atoms. The van der Waals surface area contributed by atoms with Gasteiger partial charge in [0, 0.05) is 0 Å². The molecule has 2 N–H and O–H groups in total. The smallest absolute Gasteiger partial charge is 0.322 e. The first-order valence-electron chi connectivity index (χ1n) is 6.86. The number of para-hydroxylation sites is 1. The van der Waals surface area contributed by atoms with Crippen LogP contribution < -0.4 is 15.4 Å². The zero-order valence-electron chi connectivity index (χ0n) is 11.4. The van der Waals surface area contributed by atoms with E-state index < -0.39 is 0 Å². The summed E-state index contributed by atoms with van der Waals surface area (Å²) >= 11 is 0. The third kappa shape index (κ3) is 3.57. The first-order chi connectivity index (χ1) is 10.3. The van der Waals surface area contributed by atoms with Crippen molar-refractivity contribution in [1.29, 1.82) is 0 Å². The lowest BCUT2D eigenvalue weighted by atomic mass is 10.2. The molecule has 0 saturated carbocycles. The Morgan fingerprint density at radius 3 is 3.00 bits per heavy atom. The number of carbonyl (C=O) groups excluding carboxylic acids is 1. The third-order valence-corrected chi connectivity index (χ3v) is 3.16. The second-order valence-corrected chi connectivity index (χ2v) is 4.74. The summed E-state index contributed by atoms with van der Waals surface area (Å²) in [7, 11) is 0. The monoisotopic (exact) mass is 288 g/mol. The van der Waals surface area contributed by atoms with Gasteiger partial charge in [0.05, 0.1) is 6.04 Å². The Morgan fingerprint density at radius 2 is 2.24 bits per heavy atom. The van der Waals surface area contributed by atoms with Crippen LogP contribution in [0.4, 0.5) is 6.01 Å². The highest BCUT2D eigenvalue weighted by Crippen LogP contribution is 2.22. The fourth-order valence-electron chi connectivity index (χ4n) is 2.14. The number of nitrogens with one attached hydrogen (secondary N) is 2. The van der Waals surface area contributed by atoms with Gasteiger partial charge in [-0.15, -0.1) is 5.10 Å². The van der Waals surface area contributed by atoms with E-state index in [4.69, 9.17) is 9.15 Å². The predicted molar refractivity (Wildman–Crippen MR) is 74.8 cm³/mol. The Kier molecular flexibility index (Phi) is 4.11. The van der Waals surface area contributed by atoms with Crippen molar-refractivity contribution in [3.8, 4) is 5.75 Å². The molecule has 0 bridgehead atoms. The number of ether oxygens (including phenoxy) is 1. The second kappa shape index (κ2) is 6.36. The summed E-state index contributed by atoms with van der Waals surface area (Å²) in [6.07, 6.45) is 2.05. The lowest BCUT2D eigenvalue weighted by molar-refractivity contribution is -0.118. The molecule has 1 unspecified atom stereocenters. The molecule has 1 saturated heterocycles. The topological polar surface area (TPSA) is 89.3 Å². The van der Waals surface area contributed by atoms with Crippen LogP contribution in [0.5, 0.6) is 5.75 Å². The number of aromatic nitrogens is 2. The standard InChI is InChI=1S/C14H16N4O3/c19-12(9-20-10-5-2-1-3-6-10)16-14-18-17-13(21-14)11-7-4-8-15-11/h1-3,5-6,11,15H,4,7-9H2,(H,16,18,19). The van der Waals surface area contributed by atoms with Crippen LogP contribution in [0.15, 0.2) is 34.7 Å². The molecule has 7 heteroatoms. The van der Waals surface area contributed by atoms with Gasteiger partial charge in [-0.25, -0.2) is 0 Å². The number of anilines is 1. The van der Waals surface area contributed by atoms with E-state index in [1.54, 1.807) is 12.1 Å². The molecule has 1 aromatic carbocycles. The Bertz CT molecular complexity index is 593. The first-order valence-corrected chi connectivity index (χ1v) is 6.86. The fourth-order valence-corrected chi connectivity index (χ4v) is 2.14. The van der Waals surface area contributed by atoms with Crippen molar-refractivity contribution in [3.63, 3.8) is 0 Å². The maximum Gasteiger partial charge on any atom is 0.322 e. The molecule has 7 nitrogen and oxygen atoms in total. The molecule has 1 aliphatic rings. The summed E-state index contributed by atoms with van der Waals surface area (Å²) in [4.78, 5) is 11.7. The van der Waals surface area contributed by atoms with E-state index in [1.807, 2.05) is 18.2 Å². The Balaban J connectivity index is 1.50. The number of hydrogen-bond acceptors (Lipinski definition) is 6. The van der Waals surface area contributed by atoms with Gasteiger partial charge < -0.3 is 14.5 Å². The van der Waals surface area contributed by atoms with Crippen LogP contribution in [0, 0.1) is 0 Å². The van der Waals surface area contributed by atoms with Crippen molar-refractivity contribution in [2.24, 2.45) is 0 Å². The van der Waals surface area contributed by atoms with Gasteiger partial charge in [-0.1, -0.05) is 23.3 Å². The van der Waals surface area contributed by atoms with E-state index >= 15 is 0 Å². The van der Waals surface area contributed by atoms with Crippen LogP contribution in [-0.4, -0.2) is 29.3 Å². The molecule has 0 spiro atoms. The molecule has 1 aliphatic heterocycles. The van der Waals surface area contributed by atoms with Crippen molar-refractivity contribution in [2.75, 3.05) is 18.5 Å². The van der Waals surface area contributed by atoms with Crippen LogP contribution >= 0.6 is 0 Å². The summed E-state index contributed by atoms with van der Waals surface area (Å²) < 4.78 is 10.8. The number of rotatable bonds is 5. The summed E-state index contributed by atoms with van der Waals surface area (Å²) in [5.41, 5.74) is 0. The Morgan fingerprint density at radius 1 is 1.38 bits per heavy atom. The SMILES string of the molecule is O=C(COc1ccccc1)Nc1nnc(C2CCCN2)o1. The minimum atomic E-state index is -0.339. The average Bonchev–Trinajstić information content (AvgIpc) is 3.17. The lowest BCUT2D eigenvalue weighted by Gasteiger charge is -2.05. The van der Waals surface area contributed by atoms with Gasteiger partial charge in [-0.3, -0.25) is 10.1 Å². The number of nitrogens with zero attached hydrogens (tertiary/aromatic N) is 2.